The first-order valence-corrected chi connectivity index (χ1v) is 4.49. The lowest BCUT2D eigenvalue weighted by Gasteiger charge is -2.24. The lowest BCUT2D eigenvalue weighted by molar-refractivity contribution is -0.118. The van der Waals surface area contributed by atoms with E-state index in [1.165, 1.54) is 13.3 Å². The largest absolute Gasteiger partial charge is 0.358 e. The fraction of sp³-hybridized carbons (Fsp3) is 0.750. The van der Waals surface area contributed by atoms with Crippen LogP contribution in [0.1, 0.15) is 0 Å². The van der Waals surface area contributed by atoms with Crippen molar-refractivity contribution in [3.63, 3.8) is 0 Å². The van der Waals surface area contributed by atoms with Crippen molar-refractivity contribution in [3.05, 3.63) is 0 Å². The molecule has 0 bridgehead atoms. The van der Waals surface area contributed by atoms with Gasteiger partial charge in [-0.1, -0.05) is 0 Å². The van der Waals surface area contributed by atoms with Gasteiger partial charge in [-0.2, -0.15) is 10.6 Å². The highest BCUT2D eigenvalue weighted by Crippen LogP contribution is 2.31. The Morgan fingerprint density at radius 1 is 1.67 bits per heavy atom. The zero-order valence-corrected chi connectivity index (χ0v) is 6.23. The van der Waals surface area contributed by atoms with Gasteiger partial charge < -0.3 is 5.32 Å². The molecule has 56 valence electrons. The minimum atomic E-state index is -2.65. The lowest BCUT2D eigenvalue weighted by Crippen LogP contribution is -2.24. The first-order valence-electron chi connectivity index (χ1n) is 2.37. The van der Waals surface area contributed by atoms with Crippen LogP contribution in [-0.2, 0) is 4.79 Å². The molecule has 0 rings (SSSR count). The quantitative estimate of drug-likeness (QED) is 0.527. The van der Waals surface area contributed by atoms with E-state index >= 15 is 0 Å². The van der Waals surface area contributed by atoms with E-state index in [4.69, 9.17) is 9.11 Å². The van der Waals surface area contributed by atoms with Crippen LogP contribution < -0.4 is 5.32 Å². The first kappa shape index (κ1) is 8.74. The summed E-state index contributed by atoms with van der Waals surface area (Å²) in [7, 11) is -1.20. The maximum absolute atomic E-state index is 10.4. The molecule has 4 nitrogen and oxygen atoms in total. The summed E-state index contributed by atoms with van der Waals surface area (Å²) in [5.74, 6) is -0.554. The third kappa shape index (κ3) is 5.61. The van der Waals surface area contributed by atoms with Crippen molar-refractivity contribution >= 4 is 16.5 Å². The van der Waals surface area contributed by atoms with Crippen LogP contribution in [0.2, 0.25) is 0 Å². The van der Waals surface area contributed by atoms with Gasteiger partial charge in [0.1, 0.15) is 5.75 Å². The molecular weight excluding hydrogens is 142 g/mol. The Bertz CT molecular complexity index is 109. The number of amides is 1. The molecule has 1 amide bonds. The van der Waals surface area contributed by atoms with E-state index in [9.17, 15) is 4.79 Å². The van der Waals surface area contributed by atoms with Gasteiger partial charge in [0.2, 0.25) is 5.91 Å². The molecule has 0 heterocycles. The lowest BCUT2D eigenvalue weighted by atomic mass is 10.7. The summed E-state index contributed by atoms with van der Waals surface area (Å²) < 4.78 is 17.4. The number of rotatable bonds is 2. The van der Waals surface area contributed by atoms with Gasteiger partial charge in [-0.15, -0.1) is 0 Å². The molecule has 0 spiro atoms. The highest BCUT2D eigenvalue weighted by atomic mass is 32.3. The van der Waals surface area contributed by atoms with Crippen LogP contribution in [0.15, 0.2) is 0 Å². The Kier molecular flexibility index (Phi) is 2.96. The summed E-state index contributed by atoms with van der Waals surface area (Å²) in [5, 5.41) is 2.28. The van der Waals surface area contributed by atoms with Crippen LogP contribution in [0.5, 0.6) is 0 Å². The highest BCUT2D eigenvalue weighted by Gasteiger charge is 2.08. The van der Waals surface area contributed by atoms with Crippen LogP contribution in [0.25, 0.3) is 0 Å². The minimum Gasteiger partial charge on any atom is -0.358 e. The van der Waals surface area contributed by atoms with Crippen molar-refractivity contribution in [2.75, 3.05) is 19.1 Å². The molecule has 0 aliphatic rings. The molecule has 9 heavy (non-hydrogen) atoms. The van der Waals surface area contributed by atoms with Gasteiger partial charge in [-0.05, 0) is 0 Å². The summed E-state index contributed by atoms with van der Waals surface area (Å²) >= 11 is 0. The second-order valence-corrected chi connectivity index (χ2v) is 4.09. The zero-order valence-electron chi connectivity index (χ0n) is 5.42. The predicted octanol–water partition coefficient (Wildman–Crippen LogP) is 0.113. The number of carbonyl (C=O) groups is 1. The van der Waals surface area contributed by atoms with Crippen molar-refractivity contribution in [2.24, 2.45) is 0 Å². The molecule has 0 aromatic carbocycles. The Hall–Kier alpha value is -0.260. The van der Waals surface area contributed by atoms with Crippen LogP contribution in [0.4, 0.5) is 0 Å². The molecule has 0 saturated carbocycles. The van der Waals surface area contributed by atoms with Gasteiger partial charge in [0.15, 0.2) is 0 Å². The second kappa shape index (κ2) is 3.05. The molecule has 0 unspecified atom stereocenters. The standard InChI is InChI=1S/C4H11NO3S/c1-5-4(6)3-9(2,7)8/h7-8H,3H2,1-2H3,(H,5,6). The average Bonchev–Trinajstić information content (AvgIpc) is 1.62. The number of hydrogen-bond acceptors (Lipinski definition) is 3. The summed E-state index contributed by atoms with van der Waals surface area (Å²) in [4.78, 5) is 10.4. The van der Waals surface area contributed by atoms with Crippen LogP contribution >= 0.6 is 10.6 Å². The number of hydrogen-bond donors (Lipinski definition) is 3. The first-order chi connectivity index (χ1) is 3.95. The summed E-state index contributed by atoms with van der Waals surface area (Å²) in [6.45, 7) is 0. The van der Waals surface area contributed by atoms with E-state index in [2.05, 4.69) is 5.32 Å². The van der Waals surface area contributed by atoms with E-state index in [0.29, 0.717) is 0 Å². The Morgan fingerprint density at radius 3 is 2.22 bits per heavy atom. The molecule has 3 N–H and O–H groups in total. The molecule has 0 radical (unpaired) electrons. The normalized spacial score (nSPS) is 12.9. The fourth-order valence-electron chi connectivity index (χ4n) is 0.321. The van der Waals surface area contributed by atoms with E-state index < -0.39 is 10.6 Å². The van der Waals surface area contributed by atoms with Gasteiger partial charge in [-0.3, -0.25) is 13.9 Å². The van der Waals surface area contributed by atoms with Crippen molar-refractivity contribution in [3.8, 4) is 0 Å². The van der Waals surface area contributed by atoms with Gasteiger partial charge >= 0.3 is 0 Å². The molecule has 0 aliphatic carbocycles. The summed E-state index contributed by atoms with van der Waals surface area (Å²) in [6, 6.07) is 0. The van der Waals surface area contributed by atoms with Crippen LogP contribution in [0, 0.1) is 0 Å². The molecule has 0 atom stereocenters. The summed E-state index contributed by atoms with van der Waals surface area (Å²) in [5.41, 5.74) is 0. The molecule has 0 aromatic rings. The zero-order chi connectivity index (χ0) is 7.49. The maximum atomic E-state index is 10.4. The second-order valence-electron chi connectivity index (χ2n) is 1.81. The Balaban J connectivity index is 3.60. The van der Waals surface area contributed by atoms with Crippen molar-refractivity contribution in [1.82, 2.24) is 5.32 Å². The number of nitrogens with one attached hydrogen (secondary N) is 1. The monoisotopic (exact) mass is 153 g/mol. The highest BCUT2D eigenvalue weighted by molar-refractivity contribution is 8.24. The van der Waals surface area contributed by atoms with Gasteiger partial charge in [0.25, 0.3) is 0 Å². The third-order valence-corrected chi connectivity index (χ3v) is 1.49. The Morgan fingerprint density at radius 2 is 2.11 bits per heavy atom. The molecule has 0 aromatic heterocycles. The third-order valence-electron chi connectivity index (χ3n) is 0.683. The molecule has 0 fully saturated rings. The van der Waals surface area contributed by atoms with E-state index in [0.717, 1.165) is 0 Å². The molecule has 0 aliphatic heterocycles. The molecular formula is C4H11NO3S. The van der Waals surface area contributed by atoms with Crippen molar-refractivity contribution < 1.29 is 13.9 Å². The fourth-order valence-corrected chi connectivity index (χ4v) is 0.962. The SMILES string of the molecule is CNC(=O)CS(C)(O)O. The van der Waals surface area contributed by atoms with Gasteiger partial charge in [0, 0.05) is 13.3 Å². The van der Waals surface area contributed by atoms with Crippen LogP contribution in [-0.4, -0.2) is 34.1 Å². The van der Waals surface area contributed by atoms with Crippen molar-refractivity contribution in [2.45, 2.75) is 0 Å². The predicted molar refractivity (Wildman–Crippen MR) is 37.7 cm³/mol. The van der Waals surface area contributed by atoms with Crippen LogP contribution in [0.3, 0.4) is 0 Å². The topological polar surface area (TPSA) is 69.6 Å². The van der Waals surface area contributed by atoms with E-state index in [-0.39, 0.29) is 11.7 Å². The smallest absolute Gasteiger partial charge is 0.238 e. The summed E-state index contributed by atoms with van der Waals surface area (Å²) in [6.07, 6.45) is 1.24. The van der Waals surface area contributed by atoms with E-state index in [1.807, 2.05) is 0 Å². The number of carbonyl (C=O) groups excluding carboxylic acids is 1. The maximum Gasteiger partial charge on any atom is 0.238 e. The van der Waals surface area contributed by atoms with Crippen molar-refractivity contribution in [1.29, 1.82) is 0 Å². The van der Waals surface area contributed by atoms with Gasteiger partial charge in [0.05, 0.1) is 0 Å². The molecule has 0 saturated heterocycles. The van der Waals surface area contributed by atoms with E-state index in [1.54, 1.807) is 0 Å². The minimum absolute atomic E-state index is 0.205. The van der Waals surface area contributed by atoms with Gasteiger partial charge in [-0.25, -0.2) is 0 Å². The average molecular weight is 153 g/mol. The molecule has 5 heteroatoms. The Labute approximate surface area is 55.6 Å².